The molecular weight excluding hydrogens is 280 g/mol. The maximum Gasteiger partial charge on any atom is 0.128 e. The van der Waals surface area contributed by atoms with Gasteiger partial charge in [-0.05, 0) is 45.7 Å². The van der Waals surface area contributed by atoms with Crippen LogP contribution in [0.1, 0.15) is 41.4 Å². The van der Waals surface area contributed by atoms with Gasteiger partial charge in [0.2, 0.25) is 0 Å². The Kier molecular flexibility index (Phi) is 4.10. The molecule has 3 rings (SSSR count). The van der Waals surface area contributed by atoms with E-state index in [-0.39, 0.29) is 6.04 Å². The van der Waals surface area contributed by atoms with Crippen molar-refractivity contribution in [3.8, 4) is 0 Å². The molecule has 2 aromatic rings. The zero-order valence-corrected chi connectivity index (χ0v) is 13.7. The highest BCUT2D eigenvalue weighted by molar-refractivity contribution is 7.11. The van der Waals surface area contributed by atoms with Gasteiger partial charge < -0.3 is 10.2 Å². The van der Waals surface area contributed by atoms with E-state index in [4.69, 9.17) is 0 Å². The smallest absolute Gasteiger partial charge is 0.128 e. The molecule has 2 aromatic heterocycles. The fraction of sp³-hybridized carbons (Fsp3) is 0.500. The molecule has 1 aliphatic rings. The molecule has 1 atom stereocenters. The van der Waals surface area contributed by atoms with Gasteiger partial charge in [-0.25, -0.2) is 9.97 Å². The van der Waals surface area contributed by atoms with E-state index in [2.05, 4.69) is 53.1 Å². The maximum absolute atomic E-state index is 4.59. The monoisotopic (exact) mass is 302 g/mol. The average molecular weight is 302 g/mol. The zero-order chi connectivity index (χ0) is 14.8. The summed E-state index contributed by atoms with van der Waals surface area (Å²) in [5.74, 6) is 1.09. The number of hydrogen-bond donors (Lipinski definition) is 1. The van der Waals surface area contributed by atoms with Gasteiger partial charge in [-0.15, -0.1) is 11.3 Å². The van der Waals surface area contributed by atoms with Crippen molar-refractivity contribution in [3.63, 3.8) is 0 Å². The summed E-state index contributed by atoms with van der Waals surface area (Å²) < 4.78 is 0. The Bertz CT molecular complexity index is 599. The number of aryl methyl sites for hydroxylation is 2. The van der Waals surface area contributed by atoms with Crippen LogP contribution in [0.5, 0.6) is 0 Å². The molecule has 21 heavy (non-hydrogen) atoms. The quantitative estimate of drug-likeness (QED) is 0.929. The topological polar surface area (TPSA) is 41.1 Å². The fourth-order valence-corrected chi connectivity index (χ4v) is 3.80. The zero-order valence-electron chi connectivity index (χ0n) is 12.9. The third-order valence-electron chi connectivity index (χ3n) is 3.89. The summed E-state index contributed by atoms with van der Waals surface area (Å²) in [6, 6.07) is 4.50. The van der Waals surface area contributed by atoms with Gasteiger partial charge in [0.05, 0.1) is 28.6 Å². The van der Waals surface area contributed by atoms with Gasteiger partial charge in [0.15, 0.2) is 0 Å². The molecule has 1 aliphatic heterocycles. The largest absolute Gasteiger partial charge is 0.376 e. The Hall–Kier alpha value is -1.62. The molecule has 1 saturated heterocycles. The summed E-state index contributed by atoms with van der Waals surface area (Å²) in [6.07, 6.45) is 4.50. The molecule has 4 nitrogen and oxygen atoms in total. The molecular formula is C16H22N4S. The van der Waals surface area contributed by atoms with Crippen LogP contribution < -0.4 is 10.2 Å². The highest BCUT2D eigenvalue weighted by Gasteiger charge is 2.15. The lowest BCUT2D eigenvalue weighted by atomic mass is 10.2. The second-order valence-electron chi connectivity index (χ2n) is 5.65. The lowest BCUT2D eigenvalue weighted by molar-refractivity contribution is 0.885. The van der Waals surface area contributed by atoms with E-state index < -0.39 is 0 Å². The Morgan fingerprint density at radius 3 is 2.57 bits per heavy atom. The lowest BCUT2D eigenvalue weighted by Crippen LogP contribution is -2.18. The maximum atomic E-state index is 4.59. The van der Waals surface area contributed by atoms with Crippen LogP contribution >= 0.6 is 11.3 Å². The van der Waals surface area contributed by atoms with Crippen LogP contribution in [-0.4, -0.2) is 23.1 Å². The molecule has 0 aliphatic carbocycles. The van der Waals surface area contributed by atoms with Gasteiger partial charge in [0.25, 0.3) is 0 Å². The van der Waals surface area contributed by atoms with Crippen LogP contribution in [-0.2, 0) is 0 Å². The summed E-state index contributed by atoms with van der Waals surface area (Å²) in [5.41, 5.74) is 2.19. The molecule has 0 aromatic carbocycles. The van der Waals surface area contributed by atoms with E-state index in [9.17, 15) is 0 Å². The summed E-state index contributed by atoms with van der Waals surface area (Å²) in [5, 5.41) is 4.64. The average Bonchev–Trinajstić information content (AvgIpc) is 3.09. The van der Waals surface area contributed by atoms with Crippen LogP contribution in [0.4, 0.5) is 11.5 Å². The molecule has 0 amide bonds. The number of aromatic nitrogens is 2. The lowest BCUT2D eigenvalue weighted by Gasteiger charge is -2.18. The minimum atomic E-state index is 0.260. The molecule has 3 heterocycles. The second-order valence-corrected chi connectivity index (χ2v) is 6.88. The molecule has 1 unspecified atom stereocenters. The predicted molar refractivity (Wildman–Crippen MR) is 89.3 cm³/mol. The minimum Gasteiger partial charge on any atom is -0.376 e. The van der Waals surface area contributed by atoms with E-state index in [1.165, 1.54) is 17.7 Å². The van der Waals surface area contributed by atoms with Crippen molar-refractivity contribution in [3.05, 3.63) is 33.9 Å². The van der Waals surface area contributed by atoms with Gasteiger partial charge in [-0.1, -0.05) is 0 Å². The third kappa shape index (κ3) is 3.18. The van der Waals surface area contributed by atoms with Gasteiger partial charge >= 0.3 is 0 Å². The van der Waals surface area contributed by atoms with Crippen molar-refractivity contribution in [2.24, 2.45) is 0 Å². The number of nitrogens with one attached hydrogen (secondary N) is 1. The van der Waals surface area contributed by atoms with E-state index in [0.717, 1.165) is 35.3 Å². The number of anilines is 2. The second kappa shape index (κ2) is 6.02. The van der Waals surface area contributed by atoms with E-state index in [0.29, 0.717) is 0 Å². The first-order chi connectivity index (χ1) is 10.1. The van der Waals surface area contributed by atoms with E-state index in [1.807, 2.05) is 6.20 Å². The molecule has 112 valence electrons. The SMILES string of the molecule is Cc1nc(C)c(C(C)Nc2ccc(N3CCCC3)nc2)s1. The van der Waals surface area contributed by atoms with Crippen LogP contribution in [0.25, 0.3) is 0 Å². The molecule has 0 radical (unpaired) electrons. The van der Waals surface area contributed by atoms with Crippen molar-refractivity contribution < 1.29 is 0 Å². The Morgan fingerprint density at radius 2 is 2.00 bits per heavy atom. The molecule has 1 N–H and O–H groups in total. The minimum absolute atomic E-state index is 0.260. The van der Waals surface area contributed by atoms with Crippen molar-refractivity contribution in [1.29, 1.82) is 0 Å². The van der Waals surface area contributed by atoms with Crippen molar-refractivity contribution in [2.75, 3.05) is 23.3 Å². The Labute approximate surface area is 130 Å². The summed E-state index contributed by atoms with van der Waals surface area (Å²) in [6.45, 7) is 8.57. The third-order valence-corrected chi connectivity index (χ3v) is 5.15. The number of pyridine rings is 1. The molecule has 0 bridgehead atoms. The first kappa shape index (κ1) is 14.3. The van der Waals surface area contributed by atoms with Crippen LogP contribution in [0, 0.1) is 13.8 Å². The standard InChI is InChI=1S/C16H22N4S/c1-11-16(21-13(3)18-11)12(2)19-14-6-7-15(17-10-14)20-8-4-5-9-20/h6-7,10,12,19H,4-5,8-9H2,1-3H3. The highest BCUT2D eigenvalue weighted by Crippen LogP contribution is 2.28. The van der Waals surface area contributed by atoms with Crippen molar-refractivity contribution in [1.82, 2.24) is 9.97 Å². The molecule has 1 fully saturated rings. The van der Waals surface area contributed by atoms with Gasteiger partial charge in [0, 0.05) is 18.0 Å². The molecule has 0 saturated carbocycles. The van der Waals surface area contributed by atoms with Crippen LogP contribution in [0.2, 0.25) is 0 Å². The Balaban J connectivity index is 1.68. The van der Waals surface area contributed by atoms with Gasteiger partial charge in [-0.2, -0.15) is 0 Å². The number of nitrogens with zero attached hydrogens (tertiary/aromatic N) is 3. The molecule has 0 spiro atoms. The van der Waals surface area contributed by atoms with Gasteiger partial charge in [-0.3, -0.25) is 0 Å². The predicted octanol–water partition coefficient (Wildman–Crippen LogP) is 3.93. The highest BCUT2D eigenvalue weighted by atomic mass is 32.1. The normalized spacial score (nSPS) is 16.2. The first-order valence-electron chi connectivity index (χ1n) is 7.55. The van der Waals surface area contributed by atoms with Crippen molar-refractivity contribution in [2.45, 2.75) is 39.7 Å². The van der Waals surface area contributed by atoms with Crippen molar-refractivity contribution >= 4 is 22.8 Å². The summed E-state index contributed by atoms with van der Waals surface area (Å²) in [7, 11) is 0. The summed E-state index contributed by atoms with van der Waals surface area (Å²) in [4.78, 5) is 12.7. The fourth-order valence-electron chi connectivity index (χ4n) is 2.87. The van der Waals surface area contributed by atoms with E-state index in [1.54, 1.807) is 11.3 Å². The summed E-state index contributed by atoms with van der Waals surface area (Å²) >= 11 is 1.76. The van der Waals surface area contributed by atoms with Crippen LogP contribution in [0.3, 0.4) is 0 Å². The number of thiazole rings is 1. The van der Waals surface area contributed by atoms with Gasteiger partial charge in [0.1, 0.15) is 5.82 Å². The van der Waals surface area contributed by atoms with E-state index >= 15 is 0 Å². The molecule has 5 heteroatoms. The Morgan fingerprint density at radius 1 is 1.24 bits per heavy atom. The first-order valence-corrected chi connectivity index (χ1v) is 8.36. The number of rotatable bonds is 4. The van der Waals surface area contributed by atoms with Crippen LogP contribution in [0.15, 0.2) is 18.3 Å². The number of hydrogen-bond acceptors (Lipinski definition) is 5.